The molecule has 0 unspecified atom stereocenters. The van der Waals surface area contributed by atoms with E-state index in [4.69, 9.17) is 10.5 Å². The first-order chi connectivity index (χ1) is 8.37. The minimum Gasteiger partial charge on any atom is -0.470 e. The monoisotopic (exact) mass is 259 g/mol. The van der Waals surface area contributed by atoms with Crippen molar-refractivity contribution in [1.29, 1.82) is 0 Å². The Bertz CT molecular complexity index is 523. The summed E-state index contributed by atoms with van der Waals surface area (Å²) in [6.45, 7) is -0.203. The topological polar surface area (TPSA) is 61.5 Å². The number of nitrogens with two attached hydrogens (primary N) is 1. The molecule has 0 bridgehead atoms. The Labute approximate surface area is 99.8 Å². The van der Waals surface area contributed by atoms with Crippen LogP contribution in [0, 0.1) is 0 Å². The summed E-state index contributed by atoms with van der Waals surface area (Å²) < 4.78 is 44.7. The Morgan fingerprint density at radius 1 is 1.33 bits per heavy atom. The Morgan fingerprint density at radius 3 is 2.61 bits per heavy atom. The first-order valence-corrected chi connectivity index (χ1v) is 4.89. The molecule has 0 saturated heterocycles. The van der Waals surface area contributed by atoms with Gasteiger partial charge in [0.1, 0.15) is 5.75 Å². The van der Waals surface area contributed by atoms with Gasteiger partial charge in [-0.25, -0.2) is 0 Å². The molecule has 18 heavy (non-hydrogen) atoms. The summed E-state index contributed by atoms with van der Waals surface area (Å²) in [5.41, 5.74) is 5.76. The van der Waals surface area contributed by atoms with Crippen molar-refractivity contribution in [2.24, 2.45) is 5.73 Å². The minimum absolute atomic E-state index is 0.0719. The van der Waals surface area contributed by atoms with Crippen LogP contribution in [0.1, 0.15) is 5.56 Å². The summed E-state index contributed by atoms with van der Waals surface area (Å²) in [6, 6.07) is 5.01. The van der Waals surface area contributed by atoms with E-state index in [1.165, 1.54) is 12.1 Å². The summed E-state index contributed by atoms with van der Waals surface area (Å²) in [7, 11) is 0. The third-order valence-corrected chi connectivity index (χ3v) is 2.24. The summed E-state index contributed by atoms with van der Waals surface area (Å²) in [4.78, 5) is 11.5. The number of benzene rings is 1. The molecule has 1 aliphatic heterocycles. The second-order valence-corrected chi connectivity index (χ2v) is 3.53. The fraction of sp³-hybridized carbons (Fsp3) is 0.182. The average Bonchev–Trinajstić information content (AvgIpc) is 2.56. The zero-order valence-corrected chi connectivity index (χ0v) is 8.95. The van der Waals surface area contributed by atoms with Crippen molar-refractivity contribution >= 4 is 11.4 Å². The lowest BCUT2D eigenvalue weighted by Crippen LogP contribution is -2.17. The van der Waals surface area contributed by atoms with Crippen LogP contribution in [0.15, 0.2) is 30.1 Å². The van der Waals surface area contributed by atoms with Crippen LogP contribution in [0.2, 0.25) is 0 Å². The van der Waals surface area contributed by atoms with Gasteiger partial charge in [-0.05, 0) is 17.7 Å². The van der Waals surface area contributed by atoms with Crippen LogP contribution in [-0.2, 0) is 9.53 Å². The number of hydrogen-bond acceptors (Lipinski definition) is 4. The largest absolute Gasteiger partial charge is 0.573 e. The predicted octanol–water partition coefficient (Wildman–Crippen LogP) is 1.81. The molecule has 96 valence electrons. The van der Waals surface area contributed by atoms with Crippen molar-refractivity contribution in [3.05, 3.63) is 35.7 Å². The molecule has 0 aromatic heterocycles. The number of alkyl halides is 3. The number of carbonyl (C=O) groups is 1. The van der Waals surface area contributed by atoms with E-state index in [1.54, 1.807) is 0 Å². The van der Waals surface area contributed by atoms with Crippen molar-refractivity contribution in [2.75, 3.05) is 6.61 Å². The number of halogens is 3. The fourth-order valence-electron chi connectivity index (χ4n) is 1.58. The van der Waals surface area contributed by atoms with Gasteiger partial charge in [0.15, 0.2) is 12.5 Å². The van der Waals surface area contributed by atoms with Gasteiger partial charge in [0.2, 0.25) is 5.78 Å². The molecule has 1 aromatic rings. The number of ketones is 1. The lowest BCUT2D eigenvalue weighted by molar-refractivity contribution is -0.274. The zero-order chi connectivity index (χ0) is 13.3. The van der Waals surface area contributed by atoms with Gasteiger partial charge in [-0.2, -0.15) is 0 Å². The highest BCUT2D eigenvalue weighted by Crippen LogP contribution is 2.29. The van der Waals surface area contributed by atoms with Gasteiger partial charge in [-0.3, -0.25) is 4.79 Å². The standard InChI is InChI=1S/C11H8F3NO3/c12-11(13,14)18-7-3-1-2-6(4-7)9-8(16)5-17-10(9)15/h1-4H,5,15H2. The third-order valence-electron chi connectivity index (χ3n) is 2.24. The average molecular weight is 259 g/mol. The molecule has 0 radical (unpaired) electrons. The molecule has 0 aliphatic carbocycles. The van der Waals surface area contributed by atoms with Crippen molar-refractivity contribution in [3.63, 3.8) is 0 Å². The SMILES string of the molecule is NC1=C(c2cccc(OC(F)(F)F)c2)C(=O)CO1. The molecular formula is C11H8F3NO3. The maximum absolute atomic E-state index is 12.1. The molecule has 1 heterocycles. The summed E-state index contributed by atoms with van der Waals surface area (Å²) in [6.07, 6.45) is -4.78. The van der Waals surface area contributed by atoms with Gasteiger partial charge in [0.25, 0.3) is 0 Å². The van der Waals surface area contributed by atoms with Gasteiger partial charge in [0, 0.05) is 0 Å². The first kappa shape index (κ1) is 12.3. The number of ether oxygens (including phenoxy) is 2. The Balaban J connectivity index is 2.33. The molecule has 0 atom stereocenters. The maximum Gasteiger partial charge on any atom is 0.573 e. The summed E-state index contributed by atoms with van der Waals surface area (Å²) in [5, 5.41) is 0. The first-order valence-electron chi connectivity index (χ1n) is 4.89. The van der Waals surface area contributed by atoms with Crippen LogP contribution in [0.3, 0.4) is 0 Å². The second kappa shape index (κ2) is 4.25. The van der Waals surface area contributed by atoms with E-state index in [9.17, 15) is 18.0 Å². The van der Waals surface area contributed by atoms with Crippen LogP contribution in [0.5, 0.6) is 5.75 Å². The lowest BCUT2D eigenvalue weighted by atomic mass is 10.0. The molecule has 2 rings (SSSR count). The van der Waals surface area contributed by atoms with Gasteiger partial charge in [-0.15, -0.1) is 13.2 Å². The smallest absolute Gasteiger partial charge is 0.470 e. The van der Waals surface area contributed by atoms with Crippen LogP contribution in [0.25, 0.3) is 5.57 Å². The van der Waals surface area contributed by atoms with Crippen LogP contribution in [0.4, 0.5) is 13.2 Å². The molecule has 2 N–H and O–H groups in total. The maximum atomic E-state index is 12.1. The van der Waals surface area contributed by atoms with E-state index >= 15 is 0 Å². The van der Waals surface area contributed by atoms with Crippen molar-refractivity contribution in [2.45, 2.75) is 6.36 Å². The van der Waals surface area contributed by atoms with Crippen LogP contribution in [-0.4, -0.2) is 18.8 Å². The summed E-state index contributed by atoms with van der Waals surface area (Å²) in [5.74, 6) is -0.888. The van der Waals surface area contributed by atoms with E-state index in [0.717, 1.165) is 12.1 Å². The van der Waals surface area contributed by atoms with Crippen molar-refractivity contribution in [1.82, 2.24) is 0 Å². The van der Waals surface area contributed by atoms with Gasteiger partial charge in [0.05, 0.1) is 5.57 Å². The normalized spacial score (nSPS) is 15.8. The number of carbonyl (C=O) groups excluding carboxylic acids is 1. The highest BCUT2D eigenvalue weighted by atomic mass is 19.4. The fourth-order valence-corrected chi connectivity index (χ4v) is 1.58. The van der Waals surface area contributed by atoms with E-state index in [-0.39, 0.29) is 29.4 Å². The van der Waals surface area contributed by atoms with Crippen LogP contribution < -0.4 is 10.5 Å². The molecule has 1 aliphatic rings. The molecule has 0 saturated carbocycles. The highest BCUT2D eigenvalue weighted by molar-refractivity contribution is 6.23. The Hall–Kier alpha value is -2.18. The minimum atomic E-state index is -4.78. The zero-order valence-electron chi connectivity index (χ0n) is 8.95. The molecule has 1 aromatic carbocycles. The molecule has 4 nitrogen and oxygen atoms in total. The van der Waals surface area contributed by atoms with Crippen molar-refractivity contribution in [3.8, 4) is 5.75 Å². The number of hydrogen-bond donors (Lipinski definition) is 1. The van der Waals surface area contributed by atoms with Crippen LogP contribution >= 0.6 is 0 Å². The van der Waals surface area contributed by atoms with E-state index in [0.29, 0.717) is 0 Å². The second-order valence-electron chi connectivity index (χ2n) is 3.53. The number of Topliss-reactive ketones (excluding diaryl/α,β-unsaturated/α-hetero) is 1. The van der Waals surface area contributed by atoms with E-state index < -0.39 is 12.1 Å². The molecule has 7 heteroatoms. The van der Waals surface area contributed by atoms with Gasteiger partial charge in [-0.1, -0.05) is 12.1 Å². The lowest BCUT2D eigenvalue weighted by Gasteiger charge is -2.09. The van der Waals surface area contributed by atoms with Gasteiger partial charge < -0.3 is 15.2 Å². The molecule has 0 fully saturated rings. The van der Waals surface area contributed by atoms with Gasteiger partial charge >= 0.3 is 6.36 Å². The van der Waals surface area contributed by atoms with Crippen molar-refractivity contribution < 1.29 is 27.4 Å². The molecular weight excluding hydrogens is 251 g/mol. The van der Waals surface area contributed by atoms with E-state index in [2.05, 4.69) is 4.74 Å². The predicted molar refractivity (Wildman–Crippen MR) is 55.2 cm³/mol. The highest BCUT2D eigenvalue weighted by Gasteiger charge is 2.31. The molecule has 0 amide bonds. The van der Waals surface area contributed by atoms with E-state index in [1.807, 2.05) is 0 Å². The molecule has 0 spiro atoms. The third kappa shape index (κ3) is 2.55. The number of rotatable bonds is 2. The summed E-state index contributed by atoms with van der Waals surface area (Å²) >= 11 is 0. The Kier molecular flexibility index (Phi) is 2.90. The Morgan fingerprint density at radius 2 is 2.06 bits per heavy atom. The quantitative estimate of drug-likeness (QED) is 0.879.